The monoisotopic (exact) mass is 266 g/mol. The summed E-state index contributed by atoms with van der Waals surface area (Å²) in [4.78, 5) is 26.7. The highest BCUT2D eigenvalue weighted by Gasteiger charge is 2.17. The van der Waals surface area contributed by atoms with E-state index >= 15 is 0 Å². The van der Waals surface area contributed by atoms with Crippen molar-refractivity contribution < 1.29 is 19.1 Å². The van der Waals surface area contributed by atoms with Crippen molar-refractivity contribution in [2.75, 3.05) is 12.8 Å². The highest BCUT2D eigenvalue weighted by Crippen LogP contribution is 2.31. The molecule has 1 aromatic carbocycles. The first kappa shape index (κ1) is 12.3. The molecule has 1 heterocycles. The van der Waals surface area contributed by atoms with Crippen LogP contribution in [-0.2, 0) is 9.53 Å². The number of anilines is 1. The molecule has 2 aromatic rings. The lowest BCUT2D eigenvalue weighted by Crippen LogP contribution is -2.08. The van der Waals surface area contributed by atoms with Crippen LogP contribution in [0.1, 0.15) is 17.3 Å². The summed E-state index contributed by atoms with van der Waals surface area (Å²) in [7, 11) is 1.26. The van der Waals surface area contributed by atoms with Crippen LogP contribution in [-0.4, -0.2) is 24.0 Å². The summed E-state index contributed by atoms with van der Waals surface area (Å²) >= 11 is 1.24. The van der Waals surface area contributed by atoms with Crippen molar-refractivity contribution in [3.05, 3.63) is 17.7 Å². The molecule has 0 aliphatic rings. The van der Waals surface area contributed by atoms with Gasteiger partial charge in [-0.05, 0) is 6.07 Å². The highest BCUT2D eigenvalue weighted by molar-refractivity contribution is 7.22. The zero-order chi connectivity index (χ0) is 13.3. The Hall–Kier alpha value is -2.15. The number of esters is 2. The first-order valence-corrected chi connectivity index (χ1v) is 5.79. The third kappa shape index (κ3) is 2.25. The van der Waals surface area contributed by atoms with Crippen LogP contribution < -0.4 is 10.5 Å². The molecule has 0 radical (unpaired) electrons. The van der Waals surface area contributed by atoms with Gasteiger partial charge in [-0.15, -0.1) is 0 Å². The maximum absolute atomic E-state index is 11.6. The molecule has 0 unspecified atom stereocenters. The number of hydrogen-bond acceptors (Lipinski definition) is 7. The summed E-state index contributed by atoms with van der Waals surface area (Å²) in [5.41, 5.74) is 6.33. The lowest BCUT2D eigenvalue weighted by atomic mass is 10.2. The van der Waals surface area contributed by atoms with E-state index in [1.54, 1.807) is 6.07 Å². The van der Waals surface area contributed by atoms with Gasteiger partial charge in [-0.1, -0.05) is 11.3 Å². The normalized spacial score (nSPS) is 10.3. The number of carbonyl (C=O) groups is 2. The van der Waals surface area contributed by atoms with Gasteiger partial charge in [0.15, 0.2) is 5.13 Å². The number of ether oxygens (including phenoxy) is 2. The lowest BCUT2D eigenvalue weighted by Gasteiger charge is -2.06. The van der Waals surface area contributed by atoms with Crippen molar-refractivity contribution in [2.24, 2.45) is 0 Å². The van der Waals surface area contributed by atoms with Crippen LogP contribution >= 0.6 is 11.3 Å². The van der Waals surface area contributed by atoms with Gasteiger partial charge in [0.2, 0.25) is 0 Å². The SMILES string of the molecule is COC(=O)c1cc2sc(N)nc2cc1OC(C)=O. The number of nitrogen functional groups attached to an aromatic ring is 1. The molecule has 0 bridgehead atoms. The number of aromatic nitrogens is 1. The van der Waals surface area contributed by atoms with Crippen LogP contribution in [0.4, 0.5) is 5.13 Å². The van der Waals surface area contributed by atoms with Crippen LogP contribution in [0.2, 0.25) is 0 Å². The molecule has 94 valence electrons. The minimum Gasteiger partial charge on any atom is -0.465 e. The molecule has 0 fully saturated rings. The van der Waals surface area contributed by atoms with E-state index in [1.165, 1.54) is 31.4 Å². The van der Waals surface area contributed by atoms with E-state index in [2.05, 4.69) is 9.72 Å². The second-order valence-corrected chi connectivity index (χ2v) is 4.52. The number of rotatable bonds is 2. The first-order chi connectivity index (χ1) is 8.51. The maximum atomic E-state index is 11.6. The minimum absolute atomic E-state index is 0.118. The zero-order valence-corrected chi connectivity index (χ0v) is 10.5. The molecule has 6 nitrogen and oxygen atoms in total. The zero-order valence-electron chi connectivity index (χ0n) is 9.72. The smallest absolute Gasteiger partial charge is 0.341 e. The predicted octanol–water partition coefficient (Wildman–Crippen LogP) is 1.59. The second kappa shape index (κ2) is 4.61. The Labute approximate surface area is 106 Å². The van der Waals surface area contributed by atoms with Crippen molar-refractivity contribution in [2.45, 2.75) is 6.92 Å². The van der Waals surface area contributed by atoms with Gasteiger partial charge in [0.05, 0.1) is 17.3 Å². The van der Waals surface area contributed by atoms with Gasteiger partial charge in [-0.25, -0.2) is 9.78 Å². The van der Waals surface area contributed by atoms with E-state index in [9.17, 15) is 9.59 Å². The molecule has 0 saturated heterocycles. The summed E-state index contributed by atoms with van der Waals surface area (Å²) in [6.07, 6.45) is 0. The fourth-order valence-electron chi connectivity index (χ4n) is 1.48. The number of nitrogens with two attached hydrogens (primary N) is 1. The molecule has 0 amide bonds. The van der Waals surface area contributed by atoms with E-state index in [-0.39, 0.29) is 11.3 Å². The van der Waals surface area contributed by atoms with Crippen LogP contribution in [0.5, 0.6) is 5.75 Å². The van der Waals surface area contributed by atoms with Crippen LogP contribution in [0.15, 0.2) is 12.1 Å². The van der Waals surface area contributed by atoms with Gasteiger partial charge < -0.3 is 15.2 Å². The Morgan fingerprint density at radius 2 is 2.11 bits per heavy atom. The molecule has 0 spiro atoms. The highest BCUT2D eigenvalue weighted by atomic mass is 32.1. The van der Waals surface area contributed by atoms with Crippen molar-refractivity contribution in [1.82, 2.24) is 4.98 Å². The number of nitrogens with zero attached hydrogens (tertiary/aromatic N) is 1. The Morgan fingerprint density at radius 3 is 2.72 bits per heavy atom. The topological polar surface area (TPSA) is 91.5 Å². The van der Waals surface area contributed by atoms with Gasteiger partial charge in [-0.2, -0.15) is 0 Å². The van der Waals surface area contributed by atoms with Gasteiger partial charge in [0.1, 0.15) is 11.3 Å². The molecular formula is C11H10N2O4S. The van der Waals surface area contributed by atoms with Crippen molar-refractivity contribution in [3.63, 3.8) is 0 Å². The summed E-state index contributed by atoms with van der Waals surface area (Å²) < 4.78 is 10.3. The van der Waals surface area contributed by atoms with Crippen molar-refractivity contribution in [3.8, 4) is 5.75 Å². The average molecular weight is 266 g/mol. The Morgan fingerprint density at radius 1 is 1.39 bits per heavy atom. The first-order valence-electron chi connectivity index (χ1n) is 4.98. The molecule has 0 aliphatic heterocycles. The molecule has 2 N–H and O–H groups in total. The largest absolute Gasteiger partial charge is 0.465 e. The van der Waals surface area contributed by atoms with Crippen LogP contribution in [0.25, 0.3) is 10.2 Å². The number of fused-ring (bicyclic) bond motifs is 1. The minimum atomic E-state index is -0.583. The van der Waals surface area contributed by atoms with Gasteiger partial charge >= 0.3 is 11.9 Å². The van der Waals surface area contributed by atoms with Crippen molar-refractivity contribution >= 4 is 38.6 Å². The third-order valence-electron chi connectivity index (χ3n) is 2.17. The number of methoxy groups -OCH3 is 1. The molecule has 18 heavy (non-hydrogen) atoms. The molecule has 2 rings (SSSR count). The lowest BCUT2D eigenvalue weighted by molar-refractivity contribution is -0.131. The standard InChI is InChI=1S/C11H10N2O4S/c1-5(14)17-8-4-7-9(18-11(12)13-7)3-6(8)10(15)16-2/h3-4H,1-2H3,(H2,12,13). The molecule has 0 aliphatic carbocycles. The van der Waals surface area contributed by atoms with Crippen LogP contribution in [0.3, 0.4) is 0 Å². The number of carbonyl (C=O) groups excluding carboxylic acids is 2. The number of hydrogen-bond donors (Lipinski definition) is 1. The fourth-order valence-corrected chi connectivity index (χ4v) is 2.24. The van der Waals surface area contributed by atoms with Crippen molar-refractivity contribution in [1.29, 1.82) is 0 Å². The molecule has 7 heteroatoms. The fraction of sp³-hybridized carbons (Fsp3) is 0.182. The van der Waals surface area contributed by atoms with E-state index < -0.39 is 11.9 Å². The summed E-state index contributed by atoms with van der Waals surface area (Å²) in [6, 6.07) is 3.04. The van der Waals surface area contributed by atoms with E-state index in [0.717, 1.165) is 4.70 Å². The third-order valence-corrected chi connectivity index (χ3v) is 3.01. The van der Waals surface area contributed by atoms with Crippen LogP contribution in [0, 0.1) is 0 Å². The summed E-state index contributed by atoms with van der Waals surface area (Å²) in [5, 5.41) is 0.376. The molecule has 0 atom stereocenters. The maximum Gasteiger partial charge on any atom is 0.341 e. The number of thiazole rings is 1. The van der Waals surface area contributed by atoms with Gasteiger partial charge in [0.25, 0.3) is 0 Å². The Kier molecular flexibility index (Phi) is 3.15. The number of benzene rings is 1. The van der Waals surface area contributed by atoms with E-state index in [0.29, 0.717) is 10.6 Å². The quantitative estimate of drug-likeness (QED) is 0.655. The molecular weight excluding hydrogens is 256 g/mol. The Balaban J connectivity index is 2.62. The van der Waals surface area contributed by atoms with Gasteiger partial charge in [0, 0.05) is 13.0 Å². The second-order valence-electron chi connectivity index (χ2n) is 3.45. The molecule has 1 aromatic heterocycles. The summed E-state index contributed by atoms with van der Waals surface area (Å²) in [6.45, 7) is 1.25. The Bertz CT molecular complexity index is 635. The average Bonchev–Trinajstić information content (AvgIpc) is 2.65. The van der Waals surface area contributed by atoms with E-state index in [1.807, 2.05) is 0 Å². The molecule has 0 saturated carbocycles. The van der Waals surface area contributed by atoms with E-state index in [4.69, 9.17) is 10.5 Å². The predicted molar refractivity (Wildman–Crippen MR) is 66.7 cm³/mol. The van der Waals surface area contributed by atoms with Gasteiger partial charge in [-0.3, -0.25) is 4.79 Å². The summed E-state index contributed by atoms with van der Waals surface area (Å²) in [5.74, 6) is -0.991.